The lowest BCUT2D eigenvalue weighted by molar-refractivity contribution is -0.141. The van der Waals surface area contributed by atoms with Gasteiger partial charge < -0.3 is 5.32 Å². The first-order valence-corrected chi connectivity index (χ1v) is 8.13. The zero-order chi connectivity index (χ0) is 19.2. The van der Waals surface area contributed by atoms with E-state index in [-0.39, 0.29) is 22.8 Å². The van der Waals surface area contributed by atoms with Crippen LogP contribution < -0.4 is 5.32 Å². The van der Waals surface area contributed by atoms with Crippen LogP contribution in [-0.2, 0) is 17.4 Å². The molecule has 3 rings (SSSR count). The minimum atomic E-state index is -4.57. The first kappa shape index (κ1) is 18.4. The Balaban J connectivity index is 1.73. The number of pyridine rings is 1. The van der Waals surface area contributed by atoms with Gasteiger partial charge in [0.25, 0.3) is 0 Å². The zero-order valence-corrected chi connectivity index (χ0v) is 14.3. The highest BCUT2D eigenvalue weighted by atomic mass is 19.4. The van der Waals surface area contributed by atoms with Crippen LogP contribution in [0.5, 0.6) is 0 Å². The summed E-state index contributed by atoms with van der Waals surface area (Å²) < 4.78 is 51.6. The molecule has 0 bridgehead atoms. The summed E-state index contributed by atoms with van der Waals surface area (Å²) in [6.07, 6.45) is -2.48. The molecule has 0 spiro atoms. The number of nitrogens with one attached hydrogen (secondary N) is 1. The molecule has 1 fully saturated rings. The number of nitrogens with zero attached hydrogens (tertiary/aromatic N) is 1. The summed E-state index contributed by atoms with van der Waals surface area (Å²) in [5.74, 6) is -0.690. The van der Waals surface area contributed by atoms with Crippen LogP contribution in [0.4, 0.5) is 23.2 Å². The summed E-state index contributed by atoms with van der Waals surface area (Å²) in [6, 6.07) is 8.33. The minimum absolute atomic E-state index is 0.0542. The van der Waals surface area contributed by atoms with Crippen molar-refractivity contribution in [2.24, 2.45) is 10.8 Å². The van der Waals surface area contributed by atoms with Gasteiger partial charge in [0.1, 0.15) is 11.5 Å². The molecule has 0 aliphatic heterocycles. The van der Waals surface area contributed by atoms with Crippen LogP contribution in [0.25, 0.3) is 0 Å². The first-order chi connectivity index (χ1) is 12.0. The van der Waals surface area contributed by atoms with Crippen molar-refractivity contribution in [3.8, 4) is 0 Å². The quantitative estimate of drug-likeness (QED) is 0.787. The van der Waals surface area contributed by atoms with Crippen LogP contribution in [0.1, 0.15) is 31.5 Å². The standard InChI is InChI=1S/C19H18F4N2O/c1-17(10-12-4-3-5-13(20)8-12)11-18(17,2)16(26)25-14-6-7-24-15(9-14)19(21,22)23/h3-9H,10-11H2,1-2H3,(H,24,25,26). The smallest absolute Gasteiger partial charge is 0.325 e. The first-order valence-electron chi connectivity index (χ1n) is 8.13. The number of hydrogen-bond donors (Lipinski definition) is 1. The number of halogens is 4. The molecule has 1 saturated carbocycles. The largest absolute Gasteiger partial charge is 0.433 e. The Bertz CT molecular complexity index is 851. The minimum Gasteiger partial charge on any atom is -0.325 e. The average Bonchev–Trinajstić information content (AvgIpc) is 3.09. The fourth-order valence-electron chi connectivity index (χ4n) is 3.38. The fourth-order valence-corrected chi connectivity index (χ4v) is 3.38. The second-order valence-electron chi connectivity index (χ2n) is 7.26. The van der Waals surface area contributed by atoms with E-state index in [1.165, 1.54) is 18.2 Å². The van der Waals surface area contributed by atoms with Crippen molar-refractivity contribution < 1.29 is 22.4 Å². The van der Waals surface area contributed by atoms with Gasteiger partial charge in [0.05, 0.1) is 5.41 Å². The highest BCUT2D eigenvalue weighted by molar-refractivity contribution is 5.98. The van der Waals surface area contributed by atoms with E-state index in [0.29, 0.717) is 12.8 Å². The molecule has 0 radical (unpaired) electrons. The van der Waals surface area contributed by atoms with Gasteiger partial charge in [0.15, 0.2) is 0 Å². The molecule has 1 N–H and O–H groups in total. The van der Waals surface area contributed by atoms with Gasteiger partial charge in [0.2, 0.25) is 5.91 Å². The molecule has 2 atom stereocenters. The Morgan fingerprint density at radius 3 is 2.62 bits per heavy atom. The van der Waals surface area contributed by atoms with Gasteiger partial charge in [-0.05, 0) is 48.1 Å². The number of carbonyl (C=O) groups is 1. The van der Waals surface area contributed by atoms with Gasteiger partial charge in [0, 0.05) is 11.9 Å². The molecule has 3 nitrogen and oxygen atoms in total. The Kier molecular flexibility index (Phi) is 4.29. The molecular weight excluding hydrogens is 348 g/mol. The maximum absolute atomic E-state index is 13.4. The third-order valence-corrected chi connectivity index (χ3v) is 5.24. The van der Waals surface area contributed by atoms with Crippen molar-refractivity contribution in [1.82, 2.24) is 4.98 Å². The molecule has 2 unspecified atom stereocenters. The van der Waals surface area contributed by atoms with Gasteiger partial charge >= 0.3 is 6.18 Å². The van der Waals surface area contributed by atoms with E-state index >= 15 is 0 Å². The molecule has 1 amide bonds. The summed E-state index contributed by atoms with van der Waals surface area (Å²) in [7, 11) is 0. The van der Waals surface area contributed by atoms with Crippen molar-refractivity contribution in [3.63, 3.8) is 0 Å². The highest BCUT2D eigenvalue weighted by Crippen LogP contribution is 2.65. The second-order valence-corrected chi connectivity index (χ2v) is 7.26. The van der Waals surface area contributed by atoms with Gasteiger partial charge in [-0.1, -0.05) is 26.0 Å². The third-order valence-electron chi connectivity index (χ3n) is 5.24. The lowest BCUT2D eigenvalue weighted by Crippen LogP contribution is -2.27. The molecule has 138 valence electrons. The van der Waals surface area contributed by atoms with Gasteiger partial charge in [-0.15, -0.1) is 0 Å². The third kappa shape index (κ3) is 3.43. The van der Waals surface area contributed by atoms with Gasteiger partial charge in [-0.2, -0.15) is 13.2 Å². The van der Waals surface area contributed by atoms with Gasteiger partial charge in [-0.3, -0.25) is 9.78 Å². The van der Waals surface area contributed by atoms with Gasteiger partial charge in [-0.25, -0.2) is 4.39 Å². The molecule has 26 heavy (non-hydrogen) atoms. The van der Waals surface area contributed by atoms with Crippen LogP contribution in [0, 0.1) is 16.6 Å². The van der Waals surface area contributed by atoms with E-state index in [1.807, 2.05) is 6.92 Å². The Morgan fingerprint density at radius 2 is 1.96 bits per heavy atom. The molecule has 1 aromatic heterocycles. The lowest BCUT2D eigenvalue weighted by atomic mass is 9.89. The number of anilines is 1. The van der Waals surface area contributed by atoms with Crippen LogP contribution in [-0.4, -0.2) is 10.9 Å². The monoisotopic (exact) mass is 366 g/mol. The maximum Gasteiger partial charge on any atom is 0.433 e. The van der Waals surface area contributed by atoms with E-state index in [4.69, 9.17) is 0 Å². The molecule has 7 heteroatoms. The average molecular weight is 366 g/mol. The number of amides is 1. The predicted octanol–water partition coefficient (Wildman–Crippen LogP) is 4.84. The topological polar surface area (TPSA) is 42.0 Å². The van der Waals surface area contributed by atoms with Crippen molar-refractivity contribution >= 4 is 11.6 Å². The van der Waals surface area contributed by atoms with Crippen molar-refractivity contribution in [3.05, 3.63) is 59.7 Å². The van der Waals surface area contributed by atoms with Crippen molar-refractivity contribution in [1.29, 1.82) is 0 Å². The molecule has 1 heterocycles. The molecule has 1 aromatic carbocycles. The Hall–Kier alpha value is -2.44. The molecule has 1 aliphatic carbocycles. The molecule has 2 aromatic rings. The number of hydrogen-bond acceptors (Lipinski definition) is 2. The van der Waals surface area contributed by atoms with Crippen LogP contribution in [0.2, 0.25) is 0 Å². The van der Waals surface area contributed by atoms with Crippen LogP contribution in [0.15, 0.2) is 42.6 Å². The van der Waals surface area contributed by atoms with Crippen molar-refractivity contribution in [2.45, 2.75) is 32.9 Å². The SMILES string of the molecule is CC1(Cc2cccc(F)c2)CC1(C)C(=O)Nc1ccnc(C(F)(F)F)c1. The van der Waals surface area contributed by atoms with E-state index in [2.05, 4.69) is 10.3 Å². The number of alkyl halides is 3. The van der Waals surface area contributed by atoms with Crippen molar-refractivity contribution in [2.75, 3.05) is 5.32 Å². The number of benzene rings is 1. The number of rotatable bonds is 4. The van der Waals surface area contributed by atoms with E-state index in [1.54, 1.807) is 19.1 Å². The maximum atomic E-state index is 13.4. The predicted molar refractivity (Wildman–Crippen MR) is 88.8 cm³/mol. The second kappa shape index (κ2) is 6.07. The van der Waals surface area contributed by atoms with E-state index in [0.717, 1.165) is 17.8 Å². The summed E-state index contributed by atoms with van der Waals surface area (Å²) in [4.78, 5) is 15.9. The molecular formula is C19H18F4N2O. The zero-order valence-electron chi connectivity index (χ0n) is 14.3. The Morgan fingerprint density at radius 1 is 1.23 bits per heavy atom. The lowest BCUT2D eigenvalue weighted by Gasteiger charge is -2.19. The summed E-state index contributed by atoms with van der Waals surface area (Å²) >= 11 is 0. The van der Waals surface area contributed by atoms with E-state index < -0.39 is 17.3 Å². The normalized spacial score (nSPS) is 25.0. The number of carbonyl (C=O) groups excluding carboxylic acids is 1. The highest BCUT2D eigenvalue weighted by Gasteiger charge is 2.65. The Labute approximate surface area is 148 Å². The number of aromatic nitrogens is 1. The summed E-state index contributed by atoms with van der Waals surface area (Å²) in [6.45, 7) is 3.69. The molecule has 1 aliphatic rings. The van der Waals surface area contributed by atoms with Crippen LogP contribution in [0.3, 0.4) is 0 Å². The molecule has 0 saturated heterocycles. The fraction of sp³-hybridized carbons (Fsp3) is 0.368. The van der Waals surface area contributed by atoms with Crippen LogP contribution >= 0.6 is 0 Å². The summed E-state index contributed by atoms with van der Waals surface area (Å²) in [5.41, 5.74) is -1.34. The van der Waals surface area contributed by atoms with E-state index in [9.17, 15) is 22.4 Å². The summed E-state index contributed by atoms with van der Waals surface area (Å²) in [5, 5.41) is 2.56.